The van der Waals surface area contributed by atoms with Gasteiger partial charge in [-0.05, 0) is 20.3 Å². The van der Waals surface area contributed by atoms with E-state index in [0.717, 1.165) is 19.6 Å². The van der Waals surface area contributed by atoms with Crippen LogP contribution in [-0.4, -0.2) is 19.3 Å². The van der Waals surface area contributed by atoms with E-state index in [4.69, 9.17) is 4.74 Å². The Labute approximate surface area is 62.5 Å². The van der Waals surface area contributed by atoms with Crippen molar-refractivity contribution in [2.24, 2.45) is 0 Å². The van der Waals surface area contributed by atoms with Crippen molar-refractivity contribution in [3.63, 3.8) is 0 Å². The molecule has 0 unspecified atom stereocenters. The third-order valence-corrected chi connectivity index (χ3v) is 1.11. The summed E-state index contributed by atoms with van der Waals surface area (Å²) in [6.07, 6.45) is 1.38. The topological polar surface area (TPSA) is 21.3 Å². The molecular formula is C6H15NOS. The van der Waals surface area contributed by atoms with E-state index < -0.39 is 0 Å². The third-order valence-electron chi connectivity index (χ3n) is 0.884. The molecule has 0 fully saturated rings. The Morgan fingerprint density at radius 1 is 1.56 bits per heavy atom. The lowest BCUT2D eigenvalue weighted by Crippen LogP contribution is -2.09. The fraction of sp³-hybridized carbons (Fsp3) is 1.00. The summed E-state index contributed by atoms with van der Waals surface area (Å²) in [6, 6.07) is 0. The zero-order chi connectivity index (χ0) is 7.11. The van der Waals surface area contributed by atoms with Crippen molar-refractivity contribution in [3.05, 3.63) is 0 Å². The van der Waals surface area contributed by atoms with Gasteiger partial charge in [-0.15, -0.1) is 0 Å². The summed E-state index contributed by atoms with van der Waals surface area (Å²) in [5.74, 6) is 0. The van der Waals surface area contributed by atoms with Crippen molar-refractivity contribution in [2.45, 2.75) is 26.4 Å². The van der Waals surface area contributed by atoms with Gasteiger partial charge < -0.3 is 4.74 Å². The molecular weight excluding hydrogens is 134 g/mol. The molecule has 56 valence electrons. The van der Waals surface area contributed by atoms with E-state index in [1.54, 1.807) is 0 Å². The van der Waals surface area contributed by atoms with Crippen LogP contribution in [0, 0.1) is 0 Å². The Kier molecular flexibility index (Phi) is 6.58. The van der Waals surface area contributed by atoms with E-state index in [1.807, 2.05) is 13.8 Å². The maximum atomic E-state index is 5.27. The van der Waals surface area contributed by atoms with Gasteiger partial charge in [0.25, 0.3) is 0 Å². The molecule has 0 rings (SSSR count). The van der Waals surface area contributed by atoms with Crippen LogP contribution in [0.4, 0.5) is 0 Å². The van der Waals surface area contributed by atoms with Gasteiger partial charge in [-0.2, -0.15) is 0 Å². The van der Waals surface area contributed by atoms with Gasteiger partial charge in [0.2, 0.25) is 0 Å². The molecule has 0 saturated carbocycles. The maximum Gasteiger partial charge on any atom is 0.0518 e. The average Bonchev–Trinajstić information content (AvgIpc) is 1.80. The lowest BCUT2D eigenvalue weighted by atomic mass is 10.4. The van der Waals surface area contributed by atoms with Gasteiger partial charge in [0.15, 0.2) is 0 Å². The number of hydrogen-bond acceptors (Lipinski definition) is 3. The third kappa shape index (κ3) is 8.27. The van der Waals surface area contributed by atoms with Crippen LogP contribution in [0.5, 0.6) is 0 Å². The molecule has 0 atom stereocenters. The summed E-state index contributed by atoms with van der Waals surface area (Å²) in [5, 5.41) is 0. The molecule has 0 aliphatic rings. The van der Waals surface area contributed by atoms with E-state index >= 15 is 0 Å². The van der Waals surface area contributed by atoms with Gasteiger partial charge in [0.05, 0.1) is 6.10 Å². The van der Waals surface area contributed by atoms with Crippen molar-refractivity contribution >= 4 is 12.8 Å². The van der Waals surface area contributed by atoms with Gasteiger partial charge >= 0.3 is 0 Å². The van der Waals surface area contributed by atoms with Crippen molar-refractivity contribution in [3.8, 4) is 0 Å². The van der Waals surface area contributed by atoms with Crippen LogP contribution in [0.2, 0.25) is 0 Å². The first kappa shape index (κ1) is 9.27. The van der Waals surface area contributed by atoms with E-state index in [9.17, 15) is 0 Å². The summed E-state index contributed by atoms with van der Waals surface area (Å²) in [4.78, 5) is 0. The molecule has 0 aromatic heterocycles. The van der Waals surface area contributed by atoms with E-state index in [-0.39, 0.29) is 0 Å². The Hall–Kier alpha value is 0.270. The second-order valence-corrected chi connectivity index (χ2v) is 2.50. The van der Waals surface area contributed by atoms with Crippen LogP contribution in [0.25, 0.3) is 0 Å². The monoisotopic (exact) mass is 149 g/mol. The van der Waals surface area contributed by atoms with Crippen LogP contribution in [-0.2, 0) is 4.74 Å². The molecule has 0 aromatic carbocycles. The fourth-order valence-corrected chi connectivity index (χ4v) is 0.628. The smallest absolute Gasteiger partial charge is 0.0518 e. The summed E-state index contributed by atoms with van der Waals surface area (Å²) >= 11 is 3.84. The van der Waals surface area contributed by atoms with Crippen molar-refractivity contribution in [1.82, 2.24) is 4.72 Å². The number of nitrogens with one attached hydrogen (secondary N) is 1. The SMILES string of the molecule is CC(C)OCCCNS. The first-order valence-corrected chi connectivity index (χ1v) is 3.70. The highest BCUT2D eigenvalue weighted by Crippen LogP contribution is 1.88. The predicted molar refractivity (Wildman–Crippen MR) is 42.7 cm³/mol. The number of ether oxygens (including phenoxy) is 1. The van der Waals surface area contributed by atoms with Gasteiger partial charge in [0, 0.05) is 13.2 Å². The fourth-order valence-electron chi connectivity index (χ4n) is 0.470. The molecule has 9 heavy (non-hydrogen) atoms. The van der Waals surface area contributed by atoms with Crippen molar-refractivity contribution in [1.29, 1.82) is 0 Å². The molecule has 3 heteroatoms. The minimum atomic E-state index is 0.352. The summed E-state index contributed by atoms with van der Waals surface area (Å²) in [7, 11) is 0. The van der Waals surface area contributed by atoms with Crippen LogP contribution < -0.4 is 4.72 Å². The highest BCUT2D eigenvalue weighted by atomic mass is 32.1. The zero-order valence-electron chi connectivity index (χ0n) is 6.05. The van der Waals surface area contributed by atoms with E-state index in [2.05, 4.69) is 17.5 Å². The first-order valence-electron chi connectivity index (χ1n) is 3.26. The number of thiol groups is 1. The standard InChI is InChI=1S/C6H15NOS/c1-6(2)8-5-3-4-7-9/h6-7,9H,3-5H2,1-2H3. The molecule has 0 aliphatic heterocycles. The van der Waals surface area contributed by atoms with Crippen LogP contribution >= 0.6 is 12.8 Å². The minimum Gasteiger partial charge on any atom is -0.379 e. The Balaban J connectivity index is 2.75. The number of rotatable bonds is 5. The lowest BCUT2D eigenvalue weighted by Gasteiger charge is -2.05. The highest BCUT2D eigenvalue weighted by Gasteiger charge is 1.90. The molecule has 0 bridgehead atoms. The van der Waals surface area contributed by atoms with E-state index in [0.29, 0.717) is 6.10 Å². The number of hydrogen-bond donors (Lipinski definition) is 2. The van der Waals surface area contributed by atoms with Crippen molar-refractivity contribution < 1.29 is 4.74 Å². The summed E-state index contributed by atoms with van der Waals surface area (Å²) in [5.41, 5.74) is 0. The molecule has 2 nitrogen and oxygen atoms in total. The van der Waals surface area contributed by atoms with Gasteiger partial charge in [-0.25, -0.2) is 0 Å². The molecule has 0 heterocycles. The first-order chi connectivity index (χ1) is 4.27. The molecule has 0 radical (unpaired) electrons. The van der Waals surface area contributed by atoms with Crippen LogP contribution in [0.3, 0.4) is 0 Å². The molecule has 0 aromatic rings. The summed E-state index contributed by atoms with van der Waals surface area (Å²) in [6.45, 7) is 5.81. The van der Waals surface area contributed by atoms with Crippen LogP contribution in [0.1, 0.15) is 20.3 Å². The van der Waals surface area contributed by atoms with Gasteiger partial charge in [-0.1, -0.05) is 12.8 Å². The van der Waals surface area contributed by atoms with Crippen LogP contribution in [0.15, 0.2) is 0 Å². The Bertz CT molecular complexity index is 59.0. The average molecular weight is 149 g/mol. The maximum absolute atomic E-state index is 5.27. The van der Waals surface area contributed by atoms with Crippen molar-refractivity contribution in [2.75, 3.05) is 13.2 Å². The largest absolute Gasteiger partial charge is 0.379 e. The Morgan fingerprint density at radius 2 is 2.22 bits per heavy atom. The zero-order valence-corrected chi connectivity index (χ0v) is 6.95. The second-order valence-electron chi connectivity index (χ2n) is 2.18. The lowest BCUT2D eigenvalue weighted by molar-refractivity contribution is 0.0779. The molecule has 0 amide bonds. The highest BCUT2D eigenvalue weighted by molar-refractivity contribution is 7.78. The van der Waals surface area contributed by atoms with Gasteiger partial charge in [-0.3, -0.25) is 4.72 Å². The molecule has 0 aliphatic carbocycles. The summed E-state index contributed by atoms with van der Waals surface area (Å²) < 4.78 is 8.03. The predicted octanol–water partition coefficient (Wildman–Crippen LogP) is 1.24. The quantitative estimate of drug-likeness (QED) is 0.453. The van der Waals surface area contributed by atoms with E-state index in [1.165, 1.54) is 0 Å². The van der Waals surface area contributed by atoms with Gasteiger partial charge in [0.1, 0.15) is 0 Å². The minimum absolute atomic E-state index is 0.352. The Morgan fingerprint density at radius 3 is 2.67 bits per heavy atom. The molecule has 0 saturated heterocycles. The normalized spacial score (nSPS) is 10.7. The molecule has 1 N–H and O–H groups in total. The second kappa shape index (κ2) is 6.39. The molecule has 0 spiro atoms.